The summed E-state index contributed by atoms with van der Waals surface area (Å²) in [5.74, 6) is -0.174. The Balaban J connectivity index is 2.27. The number of hydrogen-bond donors (Lipinski definition) is 2. The number of carbonyl (C=O) groups excluding carboxylic acids is 2. The van der Waals surface area contributed by atoms with Gasteiger partial charge in [0, 0.05) is 19.8 Å². The topological polar surface area (TPSA) is 75.4 Å². The Hall–Kier alpha value is -1.88. The molecule has 0 saturated carbocycles. The van der Waals surface area contributed by atoms with Crippen LogP contribution >= 0.6 is 0 Å². The average Bonchev–Trinajstić information content (AvgIpc) is 2.65. The van der Waals surface area contributed by atoms with Gasteiger partial charge in [0.25, 0.3) is 0 Å². The van der Waals surface area contributed by atoms with Gasteiger partial charge in [-0.1, -0.05) is 12.1 Å². The Bertz CT molecular complexity index is 483. The van der Waals surface area contributed by atoms with Gasteiger partial charge in [0.15, 0.2) is 0 Å². The number of rotatable bonds is 2. The molecule has 0 saturated heterocycles. The zero-order valence-corrected chi connectivity index (χ0v) is 9.86. The number of anilines is 1. The second kappa shape index (κ2) is 4.18. The first kappa shape index (κ1) is 11.6. The summed E-state index contributed by atoms with van der Waals surface area (Å²) in [5.41, 5.74) is 8.31. The zero-order valence-electron chi connectivity index (χ0n) is 9.86. The summed E-state index contributed by atoms with van der Waals surface area (Å²) in [7, 11) is 3.33. The molecule has 90 valence electrons. The average molecular weight is 233 g/mol. The summed E-state index contributed by atoms with van der Waals surface area (Å²) < 4.78 is 0. The molecule has 1 heterocycles. The maximum Gasteiger partial charge on any atom is 0.243 e. The molecule has 5 heteroatoms. The van der Waals surface area contributed by atoms with Crippen LogP contribution in [-0.2, 0) is 16.0 Å². The summed E-state index contributed by atoms with van der Waals surface area (Å²) in [6.45, 7) is 0. The van der Waals surface area contributed by atoms with Crippen molar-refractivity contribution in [2.75, 3.05) is 19.4 Å². The summed E-state index contributed by atoms with van der Waals surface area (Å²) in [6, 6.07) is 4.71. The van der Waals surface area contributed by atoms with E-state index in [0.717, 1.165) is 16.8 Å². The van der Waals surface area contributed by atoms with Crippen LogP contribution in [0.4, 0.5) is 5.69 Å². The number of fused-ring (bicyclic) bond motifs is 1. The first-order chi connectivity index (χ1) is 7.99. The van der Waals surface area contributed by atoms with Gasteiger partial charge in [-0.05, 0) is 17.2 Å². The van der Waals surface area contributed by atoms with E-state index in [9.17, 15) is 9.59 Å². The molecule has 0 bridgehead atoms. The highest BCUT2D eigenvalue weighted by Gasteiger charge is 2.22. The van der Waals surface area contributed by atoms with E-state index in [-0.39, 0.29) is 11.8 Å². The van der Waals surface area contributed by atoms with Gasteiger partial charge in [-0.25, -0.2) is 0 Å². The number of amides is 2. The molecular formula is C12H15N3O2. The van der Waals surface area contributed by atoms with Gasteiger partial charge in [0.1, 0.15) is 6.04 Å². The number of nitrogens with two attached hydrogens (primary N) is 1. The first-order valence-electron chi connectivity index (χ1n) is 5.38. The third-order valence-electron chi connectivity index (χ3n) is 2.82. The van der Waals surface area contributed by atoms with Gasteiger partial charge >= 0.3 is 0 Å². The number of hydrogen-bond acceptors (Lipinski definition) is 3. The molecule has 1 aliphatic heterocycles. The van der Waals surface area contributed by atoms with Crippen molar-refractivity contribution in [2.24, 2.45) is 5.73 Å². The fourth-order valence-electron chi connectivity index (χ4n) is 1.86. The minimum Gasteiger partial charge on any atom is -0.347 e. The first-order valence-corrected chi connectivity index (χ1v) is 5.38. The smallest absolute Gasteiger partial charge is 0.243 e. The Morgan fingerprint density at radius 3 is 2.82 bits per heavy atom. The Kier molecular flexibility index (Phi) is 2.85. The highest BCUT2D eigenvalue weighted by Crippen LogP contribution is 2.26. The lowest BCUT2D eigenvalue weighted by Crippen LogP contribution is -2.33. The van der Waals surface area contributed by atoms with Crippen molar-refractivity contribution in [3.05, 3.63) is 29.3 Å². The van der Waals surface area contributed by atoms with E-state index in [1.165, 1.54) is 4.90 Å². The SMILES string of the molecule is CN(C)C(=O)C(N)c1ccc2c(c1)CC(=O)N2. The quantitative estimate of drug-likeness (QED) is 0.769. The van der Waals surface area contributed by atoms with E-state index in [0.29, 0.717) is 6.42 Å². The van der Waals surface area contributed by atoms with Gasteiger partial charge in [0.2, 0.25) is 11.8 Å². The van der Waals surface area contributed by atoms with Gasteiger partial charge < -0.3 is 16.0 Å². The van der Waals surface area contributed by atoms with Crippen LogP contribution < -0.4 is 11.1 Å². The molecule has 2 rings (SSSR count). The largest absolute Gasteiger partial charge is 0.347 e. The number of nitrogens with zero attached hydrogens (tertiary/aromatic N) is 1. The van der Waals surface area contributed by atoms with Crippen molar-refractivity contribution < 1.29 is 9.59 Å². The van der Waals surface area contributed by atoms with Crippen LogP contribution in [0.25, 0.3) is 0 Å². The second-order valence-corrected chi connectivity index (χ2v) is 4.35. The van der Waals surface area contributed by atoms with E-state index >= 15 is 0 Å². The lowest BCUT2D eigenvalue weighted by molar-refractivity contribution is -0.130. The molecule has 0 spiro atoms. The van der Waals surface area contributed by atoms with Crippen LogP contribution in [0.3, 0.4) is 0 Å². The van der Waals surface area contributed by atoms with E-state index in [4.69, 9.17) is 5.73 Å². The molecule has 1 aliphatic rings. The Morgan fingerprint density at radius 2 is 2.18 bits per heavy atom. The van der Waals surface area contributed by atoms with Crippen molar-refractivity contribution in [2.45, 2.75) is 12.5 Å². The van der Waals surface area contributed by atoms with E-state index < -0.39 is 6.04 Å². The van der Waals surface area contributed by atoms with E-state index in [1.807, 2.05) is 6.07 Å². The van der Waals surface area contributed by atoms with E-state index in [1.54, 1.807) is 26.2 Å². The lowest BCUT2D eigenvalue weighted by Gasteiger charge is -2.17. The van der Waals surface area contributed by atoms with E-state index in [2.05, 4.69) is 5.32 Å². The molecule has 2 amide bonds. The third-order valence-corrected chi connectivity index (χ3v) is 2.82. The van der Waals surface area contributed by atoms with Gasteiger partial charge in [-0.2, -0.15) is 0 Å². The molecule has 1 atom stereocenters. The maximum atomic E-state index is 11.7. The number of likely N-dealkylation sites (N-methyl/N-ethyl adjacent to an activating group) is 1. The van der Waals surface area contributed by atoms with Crippen LogP contribution in [0.5, 0.6) is 0 Å². The molecule has 0 radical (unpaired) electrons. The monoisotopic (exact) mass is 233 g/mol. The number of nitrogens with one attached hydrogen (secondary N) is 1. The zero-order chi connectivity index (χ0) is 12.6. The fraction of sp³-hybridized carbons (Fsp3) is 0.333. The molecule has 0 aliphatic carbocycles. The van der Waals surface area contributed by atoms with Crippen LogP contribution in [-0.4, -0.2) is 30.8 Å². The van der Waals surface area contributed by atoms with Crippen LogP contribution in [0.15, 0.2) is 18.2 Å². The third kappa shape index (κ3) is 2.14. The minimum absolute atomic E-state index is 0.0235. The molecule has 1 aromatic carbocycles. The van der Waals surface area contributed by atoms with Crippen molar-refractivity contribution in [3.8, 4) is 0 Å². The molecule has 17 heavy (non-hydrogen) atoms. The summed E-state index contributed by atoms with van der Waals surface area (Å²) in [6.07, 6.45) is 0.353. The van der Waals surface area contributed by atoms with Crippen LogP contribution in [0.1, 0.15) is 17.2 Å². The predicted octanol–water partition coefficient (Wildman–Crippen LogP) is 0.269. The molecule has 1 aromatic rings. The normalized spacial score (nSPS) is 15.1. The molecule has 1 unspecified atom stereocenters. The van der Waals surface area contributed by atoms with Crippen molar-refractivity contribution in [1.29, 1.82) is 0 Å². The standard InChI is InChI=1S/C12H15N3O2/c1-15(2)12(17)11(13)7-3-4-9-8(5-7)6-10(16)14-9/h3-5,11H,6,13H2,1-2H3,(H,14,16). The fourth-order valence-corrected chi connectivity index (χ4v) is 1.86. The minimum atomic E-state index is -0.675. The van der Waals surface area contributed by atoms with Gasteiger partial charge in [0.05, 0.1) is 6.42 Å². The summed E-state index contributed by atoms with van der Waals surface area (Å²) in [4.78, 5) is 24.4. The van der Waals surface area contributed by atoms with Crippen LogP contribution in [0.2, 0.25) is 0 Å². The second-order valence-electron chi connectivity index (χ2n) is 4.35. The summed E-state index contributed by atoms with van der Waals surface area (Å²) >= 11 is 0. The van der Waals surface area contributed by atoms with Crippen molar-refractivity contribution >= 4 is 17.5 Å². The predicted molar refractivity (Wildman–Crippen MR) is 64.4 cm³/mol. The highest BCUT2D eigenvalue weighted by molar-refractivity contribution is 5.99. The molecule has 5 nitrogen and oxygen atoms in total. The number of benzene rings is 1. The van der Waals surface area contributed by atoms with Crippen molar-refractivity contribution in [3.63, 3.8) is 0 Å². The highest BCUT2D eigenvalue weighted by atomic mass is 16.2. The molecule has 0 aromatic heterocycles. The van der Waals surface area contributed by atoms with Crippen LogP contribution in [0, 0.1) is 0 Å². The van der Waals surface area contributed by atoms with Gasteiger partial charge in [-0.15, -0.1) is 0 Å². The van der Waals surface area contributed by atoms with Gasteiger partial charge in [-0.3, -0.25) is 9.59 Å². The Labute approximate surface area is 99.6 Å². The molecule has 3 N–H and O–H groups in total. The lowest BCUT2D eigenvalue weighted by atomic mass is 10.0. The Morgan fingerprint density at radius 1 is 1.47 bits per heavy atom. The summed E-state index contributed by atoms with van der Waals surface area (Å²) in [5, 5.41) is 2.74. The maximum absolute atomic E-state index is 11.7. The number of carbonyl (C=O) groups is 2. The molecule has 0 fully saturated rings. The van der Waals surface area contributed by atoms with Crippen molar-refractivity contribution in [1.82, 2.24) is 4.90 Å². The molecular weight excluding hydrogens is 218 g/mol.